The molecule has 0 spiro atoms. The van der Waals surface area contributed by atoms with Crippen LogP contribution in [0.2, 0.25) is 5.02 Å². The summed E-state index contributed by atoms with van der Waals surface area (Å²) in [7, 11) is 1.69. The summed E-state index contributed by atoms with van der Waals surface area (Å²) in [5, 5.41) is 0.784. The van der Waals surface area contributed by atoms with Gasteiger partial charge in [-0.3, -0.25) is 0 Å². The second-order valence-corrected chi connectivity index (χ2v) is 6.38. The van der Waals surface area contributed by atoms with Gasteiger partial charge in [0.2, 0.25) is 0 Å². The van der Waals surface area contributed by atoms with Gasteiger partial charge in [-0.1, -0.05) is 24.4 Å². The van der Waals surface area contributed by atoms with Crippen LogP contribution >= 0.6 is 23.2 Å². The average molecular weight is 285 g/mol. The van der Waals surface area contributed by atoms with E-state index in [1.807, 2.05) is 18.2 Å². The fourth-order valence-electron chi connectivity index (χ4n) is 3.61. The van der Waals surface area contributed by atoms with Crippen LogP contribution in [0.15, 0.2) is 18.2 Å². The lowest BCUT2D eigenvalue weighted by Crippen LogP contribution is -1.99. The van der Waals surface area contributed by atoms with Crippen LogP contribution in [-0.2, 0) is 0 Å². The smallest absolute Gasteiger partial charge is 0.123 e. The first-order chi connectivity index (χ1) is 8.72. The largest absolute Gasteiger partial charge is 0.496 e. The average Bonchev–Trinajstić information content (AvgIpc) is 3.12. The zero-order valence-corrected chi connectivity index (χ0v) is 12.0. The Balaban J connectivity index is 1.84. The van der Waals surface area contributed by atoms with E-state index in [0.29, 0.717) is 5.92 Å². The highest BCUT2D eigenvalue weighted by Crippen LogP contribution is 2.62. The van der Waals surface area contributed by atoms with Crippen molar-refractivity contribution in [3.63, 3.8) is 0 Å². The molecule has 0 saturated heterocycles. The van der Waals surface area contributed by atoms with Gasteiger partial charge < -0.3 is 4.74 Å². The van der Waals surface area contributed by atoms with Crippen molar-refractivity contribution in [1.82, 2.24) is 0 Å². The molecule has 0 heterocycles. The van der Waals surface area contributed by atoms with Crippen LogP contribution in [0, 0.1) is 17.8 Å². The molecular weight excluding hydrogens is 267 g/mol. The third-order valence-corrected chi connectivity index (χ3v) is 5.31. The molecule has 0 aliphatic heterocycles. The van der Waals surface area contributed by atoms with E-state index < -0.39 is 0 Å². The van der Waals surface area contributed by atoms with Crippen molar-refractivity contribution in [2.75, 3.05) is 7.11 Å². The third-order valence-electron chi connectivity index (χ3n) is 4.55. The van der Waals surface area contributed by atoms with Crippen LogP contribution < -0.4 is 4.74 Å². The highest BCUT2D eigenvalue weighted by Gasteiger charge is 2.54. The number of benzene rings is 1. The van der Waals surface area contributed by atoms with E-state index in [-0.39, 0.29) is 5.38 Å². The van der Waals surface area contributed by atoms with Crippen LogP contribution in [0.1, 0.15) is 36.6 Å². The third kappa shape index (κ3) is 2.12. The minimum absolute atomic E-state index is 0.0479. The van der Waals surface area contributed by atoms with Crippen molar-refractivity contribution in [2.45, 2.75) is 31.1 Å². The molecule has 3 rings (SSSR count). The van der Waals surface area contributed by atoms with Gasteiger partial charge >= 0.3 is 0 Å². The Morgan fingerprint density at radius 2 is 1.89 bits per heavy atom. The highest BCUT2D eigenvalue weighted by atomic mass is 35.5. The Morgan fingerprint density at radius 3 is 2.50 bits per heavy atom. The van der Waals surface area contributed by atoms with Crippen LogP contribution in [0.4, 0.5) is 0 Å². The van der Waals surface area contributed by atoms with Gasteiger partial charge in [-0.25, -0.2) is 0 Å². The zero-order chi connectivity index (χ0) is 12.7. The number of methoxy groups -OCH3 is 1. The molecule has 3 heteroatoms. The van der Waals surface area contributed by atoms with Gasteiger partial charge in [0.15, 0.2) is 0 Å². The molecule has 2 fully saturated rings. The summed E-state index contributed by atoms with van der Waals surface area (Å²) in [6.07, 6.45) is 5.44. The maximum atomic E-state index is 6.70. The maximum absolute atomic E-state index is 6.70. The van der Waals surface area contributed by atoms with E-state index in [1.165, 1.54) is 25.7 Å². The van der Waals surface area contributed by atoms with E-state index in [4.69, 9.17) is 27.9 Å². The zero-order valence-electron chi connectivity index (χ0n) is 10.5. The number of halogens is 2. The summed E-state index contributed by atoms with van der Waals surface area (Å²) in [5.41, 5.74) is 1.06. The van der Waals surface area contributed by atoms with Crippen LogP contribution in [-0.4, -0.2) is 7.11 Å². The van der Waals surface area contributed by atoms with Gasteiger partial charge in [0.05, 0.1) is 12.5 Å². The molecule has 0 radical (unpaired) electrons. The lowest BCUT2D eigenvalue weighted by Gasteiger charge is -2.14. The Labute approximate surface area is 118 Å². The van der Waals surface area contributed by atoms with Crippen molar-refractivity contribution in [2.24, 2.45) is 17.8 Å². The van der Waals surface area contributed by atoms with Gasteiger partial charge in [0.1, 0.15) is 5.75 Å². The number of rotatable bonds is 3. The molecule has 2 aliphatic rings. The van der Waals surface area contributed by atoms with Crippen molar-refractivity contribution in [3.8, 4) is 5.75 Å². The molecule has 2 saturated carbocycles. The Kier molecular flexibility index (Phi) is 3.46. The normalized spacial score (nSPS) is 31.6. The molecule has 0 bridgehead atoms. The lowest BCUT2D eigenvalue weighted by atomic mass is 10.0. The van der Waals surface area contributed by atoms with Gasteiger partial charge in [0, 0.05) is 10.6 Å². The molecule has 1 nitrogen and oxygen atoms in total. The summed E-state index contributed by atoms with van der Waals surface area (Å²) >= 11 is 12.8. The van der Waals surface area contributed by atoms with E-state index in [9.17, 15) is 0 Å². The van der Waals surface area contributed by atoms with Gasteiger partial charge in [0.25, 0.3) is 0 Å². The molecule has 0 N–H and O–H groups in total. The monoisotopic (exact) mass is 284 g/mol. The number of fused-ring (bicyclic) bond motifs is 1. The Morgan fingerprint density at radius 1 is 1.22 bits per heavy atom. The molecule has 3 atom stereocenters. The Hall–Kier alpha value is -0.400. The summed E-state index contributed by atoms with van der Waals surface area (Å²) in [6, 6.07) is 5.73. The SMILES string of the molecule is COc1ccc(Cl)cc1C(Cl)C1C2CCCCC21. The van der Waals surface area contributed by atoms with Crippen molar-refractivity contribution < 1.29 is 4.74 Å². The minimum Gasteiger partial charge on any atom is -0.496 e. The van der Waals surface area contributed by atoms with Crippen molar-refractivity contribution in [3.05, 3.63) is 28.8 Å². The Bertz CT molecular complexity index is 434. The molecule has 2 aliphatic carbocycles. The molecule has 98 valence electrons. The number of hydrogen-bond acceptors (Lipinski definition) is 1. The van der Waals surface area contributed by atoms with E-state index in [0.717, 1.165) is 28.2 Å². The first kappa shape index (κ1) is 12.6. The fraction of sp³-hybridized carbons (Fsp3) is 0.600. The van der Waals surface area contributed by atoms with E-state index in [2.05, 4.69) is 0 Å². The molecule has 0 amide bonds. The predicted molar refractivity (Wildman–Crippen MR) is 75.5 cm³/mol. The van der Waals surface area contributed by atoms with Gasteiger partial charge in [-0.05, 0) is 48.8 Å². The van der Waals surface area contributed by atoms with Crippen LogP contribution in [0.25, 0.3) is 0 Å². The summed E-state index contributed by atoms with van der Waals surface area (Å²) in [5.74, 6) is 3.17. The van der Waals surface area contributed by atoms with Crippen molar-refractivity contribution >= 4 is 23.2 Å². The topological polar surface area (TPSA) is 9.23 Å². The lowest BCUT2D eigenvalue weighted by molar-refractivity contribution is 0.407. The number of hydrogen-bond donors (Lipinski definition) is 0. The first-order valence-electron chi connectivity index (χ1n) is 6.70. The molecule has 1 aromatic carbocycles. The molecule has 3 unspecified atom stereocenters. The van der Waals surface area contributed by atoms with Gasteiger partial charge in [-0.2, -0.15) is 0 Å². The summed E-state index contributed by atoms with van der Waals surface area (Å²) < 4.78 is 5.41. The predicted octanol–water partition coefficient (Wildman–Crippen LogP) is 5.06. The minimum atomic E-state index is 0.0479. The number of ether oxygens (including phenoxy) is 1. The maximum Gasteiger partial charge on any atom is 0.123 e. The molecular formula is C15H18Cl2O. The molecule has 18 heavy (non-hydrogen) atoms. The van der Waals surface area contributed by atoms with Crippen molar-refractivity contribution in [1.29, 1.82) is 0 Å². The number of alkyl halides is 1. The van der Waals surface area contributed by atoms with Crippen LogP contribution in [0.5, 0.6) is 5.75 Å². The summed E-state index contributed by atoms with van der Waals surface area (Å²) in [4.78, 5) is 0. The second kappa shape index (κ2) is 4.94. The van der Waals surface area contributed by atoms with Crippen LogP contribution in [0.3, 0.4) is 0 Å². The standard InChI is InChI=1S/C15H18Cl2O/c1-18-13-7-6-9(16)8-12(13)15(17)14-10-4-2-3-5-11(10)14/h6-8,10-11,14-15H,2-5H2,1H3. The highest BCUT2D eigenvalue weighted by molar-refractivity contribution is 6.31. The quantitative estimate of drug-likeness (QED) is 0.705. The fourth-order valence-corrected chi connectivity index (χ4v) is 4.33. The molecule has 0 aromatic heterocycles. The van der Waals surface area contributed by atoms with Gasteiger partial charge in [-0.15, -0.1) is 11.6 Å². The second-order valence-electron chi connectivity index (χ2n) is 5.48. The van der Waals surface area contributed by atoms with E-state index in [1.54, 1.807) is 7.11 Å². The first-order valence-corrected chi connectivity index (χ1v) is 7.51. The summed E-state index contributed by atoms with van der Waals surface area (Å²) in [6.45, 7) is 0. The van der Waals surface area contributed by atoms with E-state index >= 15 is 0 Å². The molecule has 1 aromatic rings.